The fourth-order valence-corrected chi connectivity index (χ4v) is 2.43. The first-order chi connectivity index (χ1) is 9.54. The molecule has 0 bridgehead atoms. The maximum Gasteiger partial charge on any atom is 0.307 e. The molecule has 1 aliphatic carbocycles. The van der Waals surface area contributed by atoms with Crippen LogP contribution in [-0.2, 0) is 16.0 Å². The molecule has 1 unspecified atom stereocenters. The van der Waals surface area contributed by atoms with Crippen LogP contribution in [0.5, 0.6) is 0 Å². The van der Waals surface area contributed by atoms with Crippen LogP contribution >= 0.6 is 0 Å². The Balaban J connectivity index is 1.88. The van der Waals surface area contributed by atoms with Crippen molar-refractivity contribution in [1.82, 2.24) is 5.32 Å². The number of carbonyl (C=O) groups is 2. The van der Waals surface area contributed by atoms with E-state index in [1.807, 2.05) is 24.3 Å². The Labute approximate surface area is 118 Å². The summed E-state index contributed by atoms with van der Waals surface area (Å²) in [5.41, 5.74) is 8.30. The van der Waals surface area contributed by atoms with Gasteiger partial charge >= 0.3 is 5.97 Å². The Hall–Kier alpha value is -1.88. The second-order valence-corrected chi connectivity index (χ2v) is 5.19. The summed E-state index contributed by atoms with van der Waals surface area (Å²) in [6.07, 6.45) is 1.32. The summed E-state index contributed by atoms with van der Waals surface area (Å²) in [7, 11) is 0. The molecule has 1 aromatic rings. The van der Waals surface area contributed by atoms with E-state index >= 15 is 0 Å². The van der Waals surface area contributed by atoms with Gasteiger partial charge in [0.25, 0.3) is 0 Å². The summed E-state index contributed by atoms with van der Waals surface area (Å²) < 4.78 is 0. The minimum absolute atomic E-state index is 0.207. The van der Waals surface area contributed by atoms with Gasteiger partial charge in [0.15, 0.2) is 0 Å². The smallest absolute Gasteiger partial charge is 0.307 e. The molecule has 0 aliphatic heterocycles. The van der Waals surface area contributed by atoms with Gasteiger partial charge in [0, 0.05) is 12.6 Å². The highest BCUT2D eigenvalue weighted by Gasteiger charge is 2.48. The zero-order chi connectivity index (χ0) is 14.7. The molecule has 2 rings (SSSR count). The van der Waals surface area contributed by atoms with Gasteiger partial charge in [0.2, 0.25) is 5.91 Å². The van der Waals surface area contributed by atoms with E-state index in [4.69, 9.17) is 10.8 Å². The number of carbonyl (C=O) groups excluding carboxylic acids is 1. The molecular formula is C15H20N2O3. The molecule has 0 saturated heterocycles. The predicted octanol–water partition coefficient (Wildman–Crippen LogP) is 1.09. The largest absolute Gasteiger partial charge is 0.481 e. The molecule has 20 heavy (non-hydrogen) atoms. The second kappa shape index (κ2) is 6.05. The first-order valence-electron chi connectivity index (χ1n) is 6.88. The lowest BCUT2D eigenvalue weighted by molar-refractivity contribution is -0.140. The fourth-order valence-electron chi connectivity index (χ4n) is 2.43. The number of hydrogen-bond donors (Lipinski definition) is 3. The molecule has 5 nitrogen and oxygen atoms in total. The highest BCUT2D eigenvalue weighted by atomic mass is 16.4. The quantitative estimate of drug-likeness (QED) is 0.725. The molecule has 1 aliphatic rings. The van der Waals surface area contributed by atoms with E-state index in [-0.39, 0.29) is 17.9 Å². The standard InChI is InChI=1S/C15H20N2O3/c1-2-9-5-3-4-6-10(9)13(16)8-17-14(18)11-7-12(11)15(19)20/h3-6,11-13H,2,7-8,16H2,1H3,(H,17,18)(H,19,20)/t11-,12-,13?/m1/s1. The molecule has 0 heterocycles. The van der Waals surface area contributed by atoms with Crippen LogP contribution < -0.4 is 11.1 Å². The zero-order valence-corrected chi connectivity index (χ0v) is 11.5. The summed E-state index contributed by atoms with van der Waals surface area (Å²) in [5, 5.41) is 11.5. The highest BCUT2D eigenvalue weighted by molar-refractivity contribution is 5.89. The van der Waals surface area contributed by atoms with Crippen molar-refractivity contribution < 1.29 is 14.7 Å². The van der Waals surface area contributed by atoms with Gasteiger partial charge in [-0.1, -0.05) is 31.2 Å². The number of nitrogens with two attached hydrogens (primary N) is 1. The van der Waals surface area contributed by atoms with Crippen LogP contribution in [0, 0.1) is 11.8 Å². The van der Waals surface area contributed by atoms with Crippen molar-refractivity contribution in [3.05, 3.63) is 35.4 Å². The first-order valence-corrected chi connectivity index (χ1v) is 6.88. The molecule has 5 heteroatoms. The number of rotatable bonds is 6. The molecule has 1 saturated carbocycles. The van der Waals surface area contributed by atoms with Crippen LogP contribution in [0.25, 0.3) is 0 Å². The Kier molecular flexibility index (Phi) is 4.39. The number of amides is 1. The Morgan fingerprint density at radius 1 is 1.40 bits per heavy atom. The minimum Gasteiger partial charge on any atom is -0.481 e. The lowest BCUT2D eigenvalue weighted by Gasteiger charge is -2.16. The predicted molar refractivity (Wildman–Crippen MR) is 75.0 cm³/mol. The van der Waals surface area contributed by atoms with E-state index in [2.05, 4.69) is 12.2 Å². The van der Waals surface area contributed by atoms with Crippen molar-refractivity contribution in [1.29, 1.82) is 0 Å². The van der Waals surface area contributed by atoms with Crippen molar-refractivity contribution in [3.8, 4) is 0 Å². The lowest BCUT2D eigenvalue weighted by Crippen LogP contribution is -2.34. The van der Waals surface area contributed by atoms with E-state index in [1.165, 1.54) is 5.56 Å². The molecule has 4 N–H and O–H groups in total. The van der Waals surface area contributed by atoms with Gasteiger partial charge in [0.05, 0.1) is 11.8 Å². The van der Waals surface area contributed by atoms with Crippen LogP contribution in [-0.4, -0.2) is 23.5 Å². The molecular weight excluding hydrogens is 256 g/mol. The minimum atomic E-state index is -0.897. The van der Waals surface area contributed by atoms with Crippen LogP contribution in [0.15, 0.2) is 24.3 Å². The highest BCUT2D eigenvalue weighted by Crippen LogP contribution is 2.38. The summed E-state index contributed by atoms with van der Waals surface area (Å²) in [6.45, 7) is 2.39. The van der Waals surface area contributed by atoms with E-state index < -0.39 is 11.9 Å². The fraction of sp³-hybridized carbons (Fsp3) is 0.467. The number of aliphatic carboxylic acids is 1. The van der Waals surface area contributed by atoms with Crippen LogP contribution in [0.1, 0.15) is 30.5 Å². The van der Waals surface area contributed by atoms with Crippen LogP contribution in [0.3, 0.4) is 0 Å². The van der Waals surface area contributed by atoms with Gasteiger partial charge in [-0.2, -0.15) is 0 Å². The number of nitrogens with one attached hydrogen (secondary N) is 1. The third-order valence-electron chi connectivity index (χ3n) is 3.78. The summed E-state index contributed by atoms with van der Waals surface area (Å²) in [6, 6.07) is 7.62. The third-order valence-corrected chi connectivity index (χ3v) is 3.78. The van der Waals surface area contributed by atoms with Crippen LogP contribution in [0.2, 0.25) is 0 Å². The third kappa shape index (κ3) is 3.17. The Morgan fingerprint density at radius 3 is 2.70 bits per heavy atom. The van der Waals surface area contributed by atoms with Crippen LogP contribution in [0.4, 0.5) is 0 Å². The number of hydrogen-bond acceptors (Lipinski definition) is 3. The first kappa shape index (κ1) is 14.5. The average molecular weight is 276 g/mol. The topological polar surface area (TPSA) is 92.4 Å². The molecule has 0 spiro atoms. The SMILES string of the molecule is CCc1ccccc1C(N)CNC(=O)[C@@H]1C[C@H]1C(=O)O. The molecule has 1 amide bonds. The maximum absolute atomic E-state index is 11.8. The van der Waals surface area contributed by atoms with Crippen molar-refractivity contribution in [3.63, 3.8) is 0 Å². The summed E-state index contributed by atoms with van der Waals surface area (Å²) >= 11 is 0. The van der Waals surface area contributed by atoms with Crippen molar-refractivity contribution in [2.75, 3.05) is 6.54 Å². The van der Waals surface area contributed by atoms with Gasteiger partial charge in [-0.3, -0.25) is 9.59 Å². The molecule has 108 valence electrons. The number of benzene rings is 1. The monoisotopic (exact) mass is 276 g/mol. The number of aryl methyl sites for hydroxylation is 1. The van der Waals surface area contributed by atoms with Gasteiger partial charge < -0.3 is 16.2 Å². The van der Waals surface area contributed by atoms with E-state index in [0.717, 1.165) is 12.0 Å². The average Bonchev–Trinajstić information content (AvgIpc) is 3.25. The summed E-state index contributed by atoms with van der Waals surface area (Å²) in [4.78, 5) is 22.5. The van der Waals surface area contributed by atoms with Crippen molar-refractivity contribution in [2.24, 2.45) is 17.6 Å². The Morgan fingerprint density at radius 2 is 2.10 bits per heavy atom. The molecule has 1 fully saturated rings. The van der Waals surface area contributed by atoms with Gasteiger partial charge in [-0.15, -0.1) is 0 Å². The van der Waals surface area contributed by atoms with Crippen molar-refractivity contribution >= 4 is 11.9 Å². The summed E-state index contributed by atoms with van der Waals surface area (Å²) in [5.74, 6) is -2.01. The Bertz CT molecular complexity index is 516. The number of carboxylic acids is 1. The van der Waals surface area contributed by atoms with E-state index in [1.54, 1.807) is 0 Å². The maximum atomic E-state index is 11.8. The van der Waals surface area contributed by atoms with Gasteiger partial charge in [-0.25, -0.2) is 0 Å². The molecule has 1 aromatic carbocycles. The molecule has 0 aromatic heterocycles. The van der Waals surface area contributed by atoms with Gasteiger partial charge in [0.1, 0.15) is 0 Å². The molecule has 0 radical (unpaired) electrons. The molecule has 3 atom stereocenters. The normalized spacial score (nSPS) is 22.1. The zero-order valence-electron chi connectivity index (χ0n) is 11.5. The van der Waals surface area contributed by atoms with E-state index in [9.17, 15) is 9.59 Å². The van der Waals surface area contributed by atoms with E-state index in [0.29, 0.717) is 13.0 Å². The number of carboxylic acid groups (broad SMARTS) is 1. The van der Waals surface area contributed by atoms with Gasteiger partial charge in [-0.05, 0) is 24.0 Å². The lowest BCUT2D eigenvalue weighted by atomic mass is 9.99. The second-order valence-electron chi connectivity index (χ2n) is 5.19. The van der Waals surface area contributed by atoms with Crippen molar-refractivity contribution in [2.45, 2.75) is 25.8 Å².